The lowest BCUT2D eigenvalue weighted by Crippen LogP contribution is -2.06. The van der Waals surface area contributed by atoms with Crippen LogP contribution in [-0.2, 0) is 6.18 Å². The van der Waals surface area contributed by atoms with E-state index in [4.69, 9.17) is 4.42 Å². The van der Waals surface area contributed by atoms with E-state index in [0.717, 1.165) is 18.3 Å². The Hall–Kier alpha value is -3.35. The van der Waals surface area contributed by atoms with Crippen molar-refractivity contribution in [3.8, 4) is 34.0 Å². The summed E-state index contributed by atoms with van der Waals surface area (Å²) < 4.78 is 105. The van der Waals surface area contributed by atoms with Gasteiger partial charge in [0.05, 0.1) is 5.69 Å². The van der Waals surface area contributed by atoms with Gasteiger partial charge in [0, 0.05) is 28.7 Å². The highest BCUT2D eigenvalue weighted by Gasteiger charge is 2.35. The number of hydrogen-bond donors (Lipinski definition) is 0. The molecule has 0 spiro atoms. The van der Waals surface area contributed by atoms with Crippen LogP contribution >= 0.6 is 15.9 Å². The lowest BCUT2D eigenvalue weighted by molar-refractivity contribution is -0.141. The zero-order chi connectivity index (χ0) is 25.7. The molecule has 0 saturated heterocycles. The van der Waals surface area contributed by atoms with E-state index in [-0.39, 0.29) is 40.0 Å². The van der Waals surface area contributed by atoms with E-state index in [2.05, 4.69) is 30.6 Å². The first kappa shape index (κ1) is 24.8. The van der Waals surface area contributed by atoms with E-state index >= 15 is 0 Å². The van der Waals surface area contributed by atoms with Gasteiger partial charge in [-0.2, -0.15) is 22.0 Å². The van der Waals surface area contributed by atoms with Crippen LogP contribution in [0.3, 0.4) is 0 Å². The maximum atomic E-state index is 14.4. The van der Waals surface area contributed by atoms with E-state index in [1.54, 1.807) is 6.07 Å². The Bertz CT molecular complexity index is 1390. The van der Waals surface area contributed by atoms with Gasteiger partial charge in [-0.05, 0) is 37.3 Å². The number of imidazole rings is 1. The SMILES string of the molecule is Cc1nc(-c2cc(Br)ccc2-n2cc(C(F)(F)F)nc2C)c(-c2cc(F)c(OC(F)F)c(F)c2)o1. The predicted octanol–water partition coefficient (Wildman–Crippen LogP) is 7.47. The molecular formula is C22H13BrF7N3O2. The molecule has 0 radical (unpaired) electrons. The second-order valence-corrected chi connectivity index (χ2v) is 8.18. The molecule has 35 heavy (non-hydrogen) atoms. The van der Waals surface area contributed by atoms with Crippen molar-refractivity contribution in [1.29, 1.82) is 0 Å². The molecule has 4 aromatic rings. The second kappa shape index (κ2) is 9.02. The van der Waals surface area contributed by atoms with Gasteiger partial charge >= 0.3 is 12.8 Å². The van der Waals surface area contributed by atoms with Crippen LogP contribution in [0.4, 0.5) is 30.7 Å². The first-order valence-corrected chi connectivity index (χ1v) is 10.5. The third-order valence-corrected chi connectivity index (χ3v) is 5.34. The fraction of sp³-hybridized carbons (Fsp3) is 0.182. The molecule has 184 valence electrons. The van der Waals surface area contributed by atoms with Crippen LogP contribution in [0.5, 0.6) is 5.75 Å². The molecule has 0 aliphatic rings. The standard InChI is InChI=1S/C22H13BrF7N3O2/c1-9-31-17(22(28,29)30)8-33(9)16-4-3-12(23)7-13(16)18-19(34-10(2)32-18)11-5-14(24)20(15(25)6-11)35-21(26)27/h3-8,21H,1-2H3. The van der Waals surface area contributed by atoms with Crippen molar-refractivity contribution >= 4 is 15.9 Å². The second-order valence-electron chi connectivity index (χ2n) is 7.26. The maximum absolute atomic E-state index is 14.4. The maximum Gasteiger partial charge on any atom is 0.434 e. The van der Waals surface area contributed by atoms with Gasteiger partial charge in [-0.1, -0.05) is 15.9 Å². The van der Waals surface area contributed by atoms with Crippen LogP contribution in [0.2, 0.25) is 0 Å². The quantitative estimate of drug-likeness (QED) is 0.236. The highest BCUT2D eigenvalue weighted by atomic mass is 79.9. The molecule has 0 amide bonds. The fourth-order valence-electron chi connectivity index (χ4n) is 3.46. The van der Waals surface area contributed by atoms with Gasteiger partial charge < -0.3 is 13.7 Å². The Kier molecular flexibility index (Phi) is 6.38. The molecule has 0 unspecified atom stereocenters. The molecule has 2 aromatic heterocycles. The lowest BCUT2D eigenvalue weighted by Gasteiger charge is -2.13. The molecule has 2 aromatic carbocycles. The van der Waals surface area contributed by atoms with E-state index in [0.29, 0.717) is 4.47 Å². The average Bonchev–Trinajstić information content (AvgIpc) is 3.33. The number of halogens is 8. The Labute approximate surface area is 201 Å². The summed E-state index contributed by atoms with van der Waals surface area (Å²) in [6.07, 6.45) is -3.87. The van der Waals surface area contributed by atoms with Gasteiger partial charge in [-0.3, -0.25) is 0 Å². The number of ether oxygens (including phenoxy) is 1. The zero-order valence-electron chi connectivity index (χ0n) is 17.7. The summed E-state index contributed by atoms with van der Waals surface area (Å²) in [5.41, 5.74) is -0.793. The topological polar surface area (TPSA) is 53.1 Å². The Morgan fingerprint density at radius 1 is 1.03 bits per heavy atom. The number of alkyl halides is 5. The highest BCUT2D eigenvalue weighted by Crippen LogP contribution is 2.40. The number of benzene rings is 2. The highest BCUT2D eigenvalue weighted by molar-refractivity contribution is 9.10. The molecule has 0 atom stereocenters. The van der Waals surface area contributed by atoms with Crippen LogP contribution in [0.1, 0.15) is 17.4 Å². The number of nitrogens with zero attached hydrogens (tertiary/aromatic N) is 3. The summed E-state index contributed by atoms with van der Waals surface area (Å²) in [5.74, 6) is -4.12. The molecule has 5 nitrogen and oxygen atoms in total. The molecule has 2 heterocycles. The summed E-state index contributed by atoms with van der Waals surface area (Å²) in [6.45, 7) is -0.615. The van der Waals surface area contributed by atoms with Crippen molar-refractivity contribution in [2.24, 2.45) is 0 Å². The van der Waals surface area contributed by atoms with Crippen LogP contribution in [0, 0.1) is 25.5 Å². The third-order valence-electron chi connectivity index (χ3n) is 4.85. The molecule has 0 aliphatic carbocycles. The number of aromatic nitrogens is 3. The number of aryl methyl sites for hydroxylation is 2. The number of rotatable bonds is 5. The minimum Gasteiger partial charge on any atom is -0.440 e. The normalized spacial score (nSPS) is 12.0. The van der Waals surface area contributed by atoms with Gasteiger partial charge in [-0.25, -0.2) is 18.7 Å². The van der Waals surface area contributed by atoms with Crippen molar-refractivity contribution in [1.82, 2.24) is 14.5 Å². The number of hydrogen-bond acceptors (Lipinski definition) is 4. The van der Waals surface area contributed by atoms with Crippen LogP contribution < -0.4 is 4.74 Å². The van der Waals surface area contributed by atoms with Crippen molar-refractivity contribution in [3.63, 3.8) is 0 Å². The van der Waals surface area contributed by atoms with Crippen LogP contribution in [0.15, 0.2) is 45.4 Å². The van der Waals surface area contributed by atoms with Gasteiger partial charge in [0.15, 0.2) is 34.7 Å². The molecule has 4 rings (SSSR count). The summed E-state index contributed by atoms with van der Waals surface area (Å²) in [5, 5.41) is 0. The molecule has 0 N–H and O–H groups in total. The first-order chi connectivity index (χ1) is 16.3. The number of oxazole rings is 1. The van der Waals surface area contributed by atoms with E-state index in [9.17, 15) is 30.7 Å². The van der Waals surface area contributed by atoms with Crippen molar-refractivity contribution in [2.45, 2.75) is 26.6 Å². The molecular weight excluding hydrogens is 551 g/mol. The lowest BCUT2D eigenvalue weighted by atomic mass is 10.0. The van der Waals surface area contributed by atoms with Gasteiger partial charge in [0.25, 0.3) is 0 Å². The summed E-state index contributed by atoms with van der Waals surface area (Å²) in [7, 11) is 0. The predicted molar refractivity (Wildman–Crippen MR) is 113 cm³/mol. The summed E-state index contributed by atoms with van der Waals surface area (Å²) in [6, 6.07) is 6.07. The first-order valence-electron chi connectivity index (χ1n) is 9.70. The average molecular weight is 564 g/mol. The zero-order valence-corrected chi connectivity index (χ0v) is 19.3. The molecule has 13 heteroatoms. The van der Waals surface area contributed by atoms with E-state index in [1.807, 2.05) is 0 Å². The van der Waals surface area contributed by atoms with Crippen molar-refractivity contribution < 1.29 is 39.9 Å². The monoisotopic (exact) mass is 563 g/mol. The Morgan fingerprint density at radius 2 is 1.69 bits per heavy atom. The van der Waals surface area contributed by atoms with E-state index in [1.165, 1.54) is 30.5 Å². The molecule has 0 aliphatic heterocycles. The van der Waals surface area contributed by atoms with Crippen LogP contribution in [-0.4, -0.2) is 21.1 Å². The van der Waals surface area contributed by atoms with Gasteiger partial charge in [0.1, 0.15) is 11.5 Å². The minimum absolute atomic E-state index is 0.0215. The van der Waals surface area contributed by atoms with Gasteiger partial charge in [0.2, 0.25) is 0 Å². The smallest absolute Gasteiger partial charge is 0.434 e. The Balaban J connectivity index is 1.91. The van der Waals surface area contributed by atoms with Crippen LogP contribution in [0.25, 0.3) is 28.3 Å². The summed E-state index contributed by atoms with van der Waals surface area (Å²) >= 11 is 3.29. The van der Waals surface area contributed by atoms with Crippen molar-refractivity contribution in [2.75, 3.05) is 0 Å². The van der Waals surface area contributed by atoms with Crippen molar-refractivity contribution in [3.05, 3.63) is 70.0 Å². The largest absolute Gasteiger partial charge is 0.440 e. The molecule has 0 bridgehead atoms. The summed E-state index contributed by atoms with van der Waals surface area (Å²) in [4.78, 5) is 7.83. The molecule has 0 saturated carbocycles. The fourth-order valence-corrected chi connectivity index (χ4v) is 3.82. The van der Waals surface area contributed by atoms with E-state index < -0.39 is 35.9 Å². The minimum atomic E-state index is -4.68. The van der Waals surface area contributed by atoms with Gasteiger partial charge in [-0.15, -0.1) is 0 Å². The molecule has 0 fully saturated rings. The third kappa shape index (κ3) is 4.90. The Morgan fingerprint density at radius 3 is 2.26 bits per heavy atom.